The molecule has 0 spiro atoms. The number of nitrogens with one attached hydrogen (secondary N) is 1. The molecule has 0 aliphatic heterocycles. The van der Waals surface area contributed by atoms with Crippen molar-refractivity contribution in [1.82, 2.24) is 20.3 Å². The lowest BCUT2D eigenvalue weighted by Crippen LogP contribution is -2.23. The summed E-state index contributed by atoms with van der Waals surface area (Å²) >= 11 is 6.28. The highest BCUT2D eigenvalue weighted by molar-refractivity contribution is 6.33. The minimum Gasteiger partial charge on any atom is -0.360 e. The van der Waals surface area contributed by atoms with Gasteiger partial charge in [-0.15, -0.1) is 0 Å². The van der Waals surface area contributed by atoms with Gasteiger partial charge in [0.05, 0.1) is 10.7 Å². The average Bonchev–Trinajstić information content (AvgIpc) is 3.29. The zero-order valence-corrected chi connectivity index (χ0v) is 16.8. The van der Waals surface area contributed by atoms with Gasteiger partial charge in [-0.1, -0.05) is 65.3 Å². The van der Waals surface area contributed by atoms with Gasteiger partial charge in [0.2, 0.25) is 0 Å². The number of aromatic nitrogens is 3. The maximum atomic E-state index is 13.0. The minimum absolute atomic E-state index is 0.276. The van der Waals surface area contributed by atoms with Gasteiger partial charge in [0.15, 0.2) is 0 Å². The molecule has 0 saturated heterocycles. The molecule has 2 aromatic heterocycles. The SMILES string of the molecule is Cc1onc(-c2ccccc2Cl)c1C(=O)NCc1cn(C)nc1-c1ccccc1. The Morgan fingerprint density at radius 3 is 2.59 bits per heavy atom. The molecule has 1 N–H and O–H groups in total. The number of aryl methyl sites for hydroxylation is 2. The largest absolute Gasteiger partial charge is 0.360 e. The predicted molar refractivity (Wildman–Crippen MR) is 112 cm³/mol. The maximum absolute atomic E-state index is 13.0. The lowest BCUT2D eigenvalue weighted by Gasteiger charge is -2.07. The highest BCUT2D eigenvalue weighted by atomic mass is 35.5. The minimum atomic E-state index is -0.276. The number of carbonyl (C=O) groups is 1. The molecule has 0 fully saturated rings. The molecule has 1 amide bonds. The number of benzene rings is 2. The van der Waals surface area contributed by atoms with E-state index in [4.69, 9.17) is 16.1 Å². The molecule has 0 saturated carbocycles. The van der Waals surface area contributed by atoms with Crippen LogP contribution in [0.25, 0.3) is 22.5 Å². The van der Waals surface area contributed by atoms with Crippen LogP contribution in [0.1, 0.15) is 21.7 Å². The molecule has 7 heteroatoms. The zero-order chi connectivity index (χ0) is 20.4. The third-order valence-electron chi connectivity index (χ3n) is 4.61. The van der Waals surface area contributed by atoms with Crippen molar-refractivity contribution < 1.29 is 9.32 Å². The van der Waals surface area contributed by atoms with Crippen molar-refractivity contribution in [2.75, 3.05) is 0 Å². The van der Waals surface area contributed by atoms with Gasteiger partial charge < -0.3 is 9.84 Å². The first-order chi connectivity index (χ1) is 14.0. The van der Waals surface area contributed by atoms with E-state index in [0.717, 1.165) is 16.8 Å². The Labute approximate surface area is 173 Å². The second kappa shape index (κ2) is 7.93. The van der Waals surface area contributed by atoms with Crippen LogP contribution in [-0.4, -0.2) is 20.8 Å². The van der Waals surface area contributed by atoms with E-state index in [9.17, 15) is 4.79 Å². The Kier molecular flexibility index (Phi) is 5.18. The first kappa shape index (κ1) is 19.0. The van der Waals surface area contributed by atoms with Crippen LogP contribution in [-0.2, 0) is 13.6 Å². The third kappa shape index (κ3) is 3.79. The van der Waals surface area contributed by atoms with Crippen LogP contribution in [0.15, 0.2) is 65.3 Å². The molecule has 0 radical (unpaired) electrons. The van der Waals surface area contributed by atoms with Crippen molar-refractivity contribution in [3.05, 3.63) is 82.7 Å². The van der Waals surface area contributed by atoms with E-state index >= 15 is 0 Å². The molecule has 0 aliphatic rings. The van der Waals surface area contributed by atoms with Gasteiger partial charge in [0, 0.05) is 36.5 Å². The summed E-state index contributed by atoms with van der Waals surface area (Å²) in [6, 6.07) is 17.1. The number of carbonyl (C=O) groups excluding carboxylic acids is 1. The number of nitrogens with zero attached hydrogens (tertiary/aromatic N) is 3. The molecule has 0 aliphatic carbocycles. The summed E-state index contributed by atoms with van der Waals surface area (Å²) in [5.74, 6) is 0.161. The van der Waals surface area contributed by atoms with Gasteiger partial charge in [0.25, 0.3) is 5.91 Å². The fourth-order valence-electron chi connectivity index (χ4n) is 3.25. The fraction of sp³-hybridized carbons (Fsp3) is 0.136. The normalized spacial score (nSPS) is 10.9. The monoisotopic (exact) mass is 406 g/mol. The summed E-state index contributed by atoms with van der Waals surface area (Å²) in [6.07, 6.45) is 1.90. The molecule has 0 atom stereocenters. The summed E-state index contributed by atoms with van der Waals surface area (Å²) in [6.45, 7) is 2.03. The van der Waals surface area contributed by atoms with E-state index in [1.54, 1.807) is 17.7 Å². The van der Waals surface area contributed by atoms with E-state index in [2.05, 4.69) is 15.6 Å². The summed E-state index contributed by atoms with van der Waals surface area (Å²) < 4.78 is 7.03. The van der Waals surface area contributed by atoms with Crippen LogP contribution in [0.3, 0.4) is 0 Å². The van der Waals surface area contributed by atoms with Crippen molar-refractivity contribution in [2.45, 2.75) is 13.5 Å². The van der Waals surface area contributed by atoms with Crippen molar-refractivity contribution in [1.29, 1.82) is 0 Å². The van der Waals surface area contributed by atoms with E-state index in [1.165, 1.54) is 0 Å². The van der Waals surface area contributed by atoms with Crippen LogP contribution in [0.4, 0.5) is 0 Å². The topological polar surface area (TPSA) is 73.0 Å². The van der Waals surface area contributed by atoms with Crippen molar-refractivity contribution in [3.63, 3.8) is 0 Å². The van der Waals surface area contributed by atoms with E-state index in [0.29, 0.717) is 34.1 Å². The fourth-order valence-corrected chi connectivity index (χ4v) is 3.47. The van der Waals surface area contributed by atoms with E-state index in [-0.39, 0.29) is 5.91 Å². The molecule has 0 bridgehead atoms. The summed E-state index contributed by atoms with van der Waals surface area (Å²) in [4.78, 5) is 13.0. The molecule has 4 aromatic rings. The smallest absolute Gasteiger partial charge is 0.257 e. The molecule has 146 valence electrons. The Morgan fingerprint density at radius 2 is 1.83 bits per heavy atom. The predicted octanol–water partition coefficient (Wildman–Crippen LogP) is 4.63. The standard InChI is InChI=1S/C22H19ClN4O2/c1-14-19(21(26-29-14)17-10-6-7-11-18(17)23)22(28)24-12-16-13-27(2)25-20(16)15-8-4-3-5-9-15/h3-11,13H,12H2,1-2H3,(H,24,28). The Balaban J connectivity index is 1.60. The highest BCUT2D eigenvalue weighted by Gasteiger charge is 2.23. The molecule has 4 rings (SSSR count). The van der Waals surface area contributed by atoms with Gasteiger partial charge >= 0.3 is 0 Å². The van der Waals surface area contributed by atoms with Gasteiger partial charge in [-0.2, -0.15) is 5.10 Å². The quantitative estimate of drug-likeness (QED) is 0.524. The second-order valence-electron chi connectivity index (χ2n) is 6.67. The number of rotatable bonds is 5. The average molecular weight is 407 g/mol. The number of halogens is 1. The van der Waals surface area contributed by atoms with E-state index < -0.39 is 0 Å². The zero-order valence-electron chi connectivity index (χ0n) is 16.0. The van der Waals surface area contributed by atoms with Crippen molar-refractivity contribution in [2.24, 2.45) is 7.05 Å². The van der Waals surface area contributed by atoms with Crippen LogP contribution in [0.2, 0.25) is 5.02 Å². The number of amides is 1. The van der Waals surface area contributed by atoms with Crippen LogP contribution >= 0.6 is 11.6 Å². The van der Waals surface area contributed by atoms with Crippen molar-refractivity contribution in [3.8, 4) is 22.5 Å². The Morgan fingerprint density at radius 1 is 1.10 bits per heavy atom. The molecule has 0 unspecified atom stereocenters. The Hall–Kier alpha value is -3.38. The van der Waals surface area contributed by atoms with Crippen LogP contribution in [0, 0.1) is 6.92 Å². The van der Waals surface area contributed by atoms with Gasteiger partial charge in [-0.3, -0.25) is 9.48 Å². The van der Waals surface area contributed by atoms with Gasteiger partial charge in [0.1, 0.15) is 17.0 Å². The first-order valence-electron chi connectivity index (χ1n) is 9.12. The van der Waals surface area contributed by atoms with Gasteiger partial charge in [-0.25, -0.2) is 0 Å². The summed E-state index contributed by atoms with van der Waals surface area (Å²) in [5.41, 5.74) is 4.21. The second-order valence-corrected chi connectivity index (χ2v) is 7.07. The Bertz CT molecular complexity index is 1160. The molecule has 6 nitrogen and oxygen atoms in total. The molecule has 29 heavy (non-hydrogen) atoms. The first-order valence-corrected chi connectivity index (χ1v) is 9.49. The van der Waals surface area contributed by atoms with E-state index in [1.807, 2.05) is 61.8 Å². The molecule has 2 heterocycles. The number of hydrogen-bond donors (Lipinski definition) is 1. The highest BCUT2D eigenvalue weighted by Crippen LogP contribution is 2.31. The van der Waals surface area contributed by atoms with Crippen molar-refractivity contribution >= 4 is 17.5 Å². The van der Waals surface area contributed by atoms with Crippen LogP contribution in [0.5, 0.6) is 0 Å². The third-order valence-corrected chi connectivity index (χ3v) is 4.94. The molecule has 2 aromatic carbocycles. The number of hydrogen-bond acceptors (Lipinski definition) is 4. The van der Waals surface area contributed by atoms with Gasteiger partial charge in [-0.05, 0) is 13.0 Å². The van der Waals surface area contributed by atoms with Crippen LogP contribution < -0.4 is 5.32 Å². The lowest BCUT2D eigenvalue weighted by molar-refractivity contribution is 0.0950. The molecular formula is C22H19ClN4O2. The summed E-state index contributed by atoms with van der Waals surface area (Å²) in [5, 5.41) is 12.1. The maximum Gasteiger partial charge on any atom is 0.257 e. The lowest BCUT2D eigenvalue weighted by atomic mass is 10.1. The molecular weight excluding hydrogens is 388 g/mol. The summed E-state index contributed by atoms with van der Waals surface area (Å²) in [7, 11) is 1.86.